The summed E-state index contributed by atoms with van der Waals surface area (Å²) < 4.78 is 48.1. The first-order valence-corrected chi connectivity index (χ1v) is 8.54. The first kappa shape index (κ1) is 21.5. The van der Waals surface area contributed by atoms with Gasteiger partial charge in [-0.15, -0.1) is 0 Å². The molecule has 0 bridgehead atoms. The Balaban J connectivity index is 1.88. The van der Waals surface area contributed by atoms with Gasteiger partial charge >= 0.3 is 6.18 Å². The predicted molar refractivity (Wildman–Crippen MR) is 94.4 cm³/mol. The zero-order valence-corrected chi connectivity index (χ0v) is 15.3. The number of nitrogens with one attached hydrogen (secondary N) is 1. The van der Waals surface area contributed by atoms with Gasteiger partial charge in [-0.25, -0.2) is 0 Å². The first-order valence-electron chi connectivity index (χ1n) is 8.54. The number of carbonyl (C=O) groups is 2. The van der Waals surface area contributed by atoms with E-state index in [2.05, 4.69) is 5.32 Å². The second-order valence-corrected chi connectivity index (χ2v) is 6.02. The topological polar surface area (TPSA) is 71.8 Å². The minimum atomic E-state index is -4.44. The van der Waals surface area contributed by atoms with Crippen molar-refractivity contribution in [3.63, 3.8) is 0 Å². The van der Waals surface area contributed by atoms with E-state index in [0.29, 0.717) is 24.3 Å². The second-order valence-electron chi connectivity index (χ2n) is 6.02. The number of carbonyl (C=O) groups excluding carboxylic acids is 2. The van der Waals surface area contributed by atoms with Crippen molar-refractivity contribution in [3.8, 4) is 0 Å². The zero-order chi connectivity index (χ0) is 20.6. The highest BCUT2D eigenvalue weighted by Crippen LogP contribution is 2.29. The van der Waals surface area contributed by atoms with Crippen LogP contribution in [0, 0.1) is 0 Å². The normalized spacial score (nSPS) is 11.3. The third kappa shape index (κ3) is 6.41. The average Bonchev–Trinajstić information content (AvgIpc) is 3.20. The van der Waals surface area contributed by atoms with Gasteiger partial charge in [0.1, 0.15) is 6.26 Å². The summed E-state index contributed by atoms with van der Waals surface area (Å²) >= 11 is 0. The number of halogens is 3. The van der Waals surface area contributed by atoms with Gasteiger partial charge < -0.3 is 19.4 Å². The van der Waals surface area contributed by atoms with Crippen molar-refractivity contribution in [2.45, 2.75) is 19.1 Å². The first-order chi connectivity index (χ1) is 13.3. The number of nitrogens with zero attached hydrogens (tertiary/aromatic N) is 1. The highest BCUT2D eigenvalue weighted by atomic mass is 19.4. The number of rotatable bonds is 9. The fourth-order valence-corrected chi connectivity index (χ4v) is 2.47. The van der Waals surface area contributed by atoms with E-state index in [1.54, 1.807) is 0 Å². The highest BCUT2D eigenvalue weighted by Gasteiger charge is 2.30. The van der Waals surface area contributed by atoms with Crippen molar-refractivity contribution < 1.29 is 31.9 Å². The number of methoxy groups -OCH3 is 1. The zero-order valence-electron chi connectivity index (χ0n) is 15.3. The molecule has 0 atom stereocenters. The van der Waals surface area contributed by atoms with E-state index >= 15 is 0 Å². The molecule has 1 aromatic carbocycles. The fraction of sp³-hybridized carbons (Fsp3) is 0.368. The Bertz CT molecular complexity index is 776. The molecule has 0 saturated carbocycles. The Morgan fingerprint density at radius 3 is 2.64 bits per heavy atom. The smallest absolute Gasteiger partial charge is 0.416 e. The average molecular weight is 398 g/mol. The maximum absolute atomic E-state index is 12.7. The Morgan fingerprint density at radius 1 is 1.21 bits per heavy atom. The molecule has 6 nitrogen and oxygen atoms in total. The molecule has 0 fully saturated rings. The molecule has 0 aliphatic rings. The third-order valence-electron chi connectivity index (χ3n) is 3.97. The van der Waals surface area contributed by atoms with Crippen molar-refractivity contribution >= 4 is 11.8 Å². The maximum atomic E-state index is 12.7. The van der Waals surface area contributed by atoms with E-state index in [1.807, 2.05) is 0 Å². The Labute approximate surface area is 160 Å². The van der Waals surface area contributed by atoms with Gasteiger partial charge in [0.2, 0.25) is 5.91 Å². The van der Waals surface area contributed by atoms with Crippen molar-refractivity contribution in [3.05, 3.63) is 59.5 Å². The summed E-state index contributed by atoms with van der Waals surface area (Å²) in [6.45, 7) is 0.704. The van der Waals surface area contributed by atoms with Gasteiger partial charge in [-0.2, -0.15) is 13.2 Å². The Hall–Kier alpha value is -2.81. The van der Waals surface area contributed by atoms with Crippen LogP contribution in [-0.2, 0) is 22.3 Å². The van der Waals surface area contributed by atoms with Crippen LogP contribution < -0.4 is 5.32 Å². The molecule has 0 spiro atoms. The lowest BCUT2D eigenvalue weighted by Gasteiger charge is -2.21. The molecular formula is C19H21F3N2O4. The molecule has 2 rings (SSSR count). The lowest BCUT2D eigenvalue weighted by atomic mass is 10.1. The van der Waals surface area contributed by atoms with Crippen molar-refractivity contribution in [1.82, 2.24) is 10.2 Å². The SMILES string of the molecule is COCCN(CCC(=O)NCc1cccc(C(F)(F)F)c1)C(=O)c1ccoc1. The Kier molecular flexibility index (Phi) is 7.62. The highest BCUT2D eigenvalue weighted by molar-refractivity contribution is 5.94. The summed E-state index contributed by atoms with van der Waals surface area (Å²) in [5.41, 5.74) is -0.0648. The van der Waals surface area contributed by atoms with Crippen LogP contribution in [0.5, 0.6) is 0 Å². The van der Waals surface area contributed by atoms with Gasteiger partial charge in [-0.1, -0.05) is 12.1 Å². The summed E-state index contributed by atoms with van der Waals surface area (Å²) in [4.78, 5) is 25.9. The van der Waals surface area contributed by atoms with Crippen LogP contribution in [0.15, 0.2) is 47.3 Å². The third-order valence-corrected chi connectivity index (χ3v) is 3.97. The van der Waals surface area contributed by atoms with Crippen LogP contribution in [0.3, 0.4) is 0 Å². The number of amides is 2. The van der Waals surface area contributed by atoms with Crippen LogP contribution in [0.1, 0.15) is 27.9 Å². The van der Waals surface area contributed by atoms with E-state index in [4.69, 9.17) is 9.15 Å². The minimum absolute atomic E-state index is 0.00622. The van der Waals surface area contributed by atoms with Crippen LogP contribution in [0.2, 0.25) is 0 Å². The number of ether oxygens (including phenoxy) is 1. The van der Waals surface area contributed by atoms with Gasteiger partial charge in [-0.05, 0) is 23.8 Å². The van der Waals surface area contributed by atoms with Gasteiger partial charge in [0.25, 0.3) is 5.91 Å². The summed E-state index contributed by atoms with van der Waals surface area (Å²) in [5, 5.41) is 2.57. The molecule has 0 aliphatic heterocycles. The molecular weight excluding hydrogens is 377 g/mol. The molecule has 0 aliphatic carbocycles. The monoisotopic (exact) mass is 398 g/mol. The molecule has 152 valence electrons. The van der Waals surface area contributed by atoms with Crippen LogP contribution in [0.25, 0.3) is 0 Å². The van der Waals surface area contributed by atoms with E-state index in [1.165, 1.54) is 42.7 Å². The number of furan rings is 1. The molecule has 2 aromatic rings. The summed E-state index contributed by atoms with van der Waals surface area (Å²) in [6.07, 6.45) is -1.74. The molecule has 1 aromatic heterocycles. The summed E-state index contributed by atoms with van der Waals surface area (Å²) in [6, 6.07) is 6.28. The quantitative estimate of drug-likeness (QED) is 0.705. The van der Waals surface area contributed by atoms with Crippen LogP contribution in [0.4, 0.5) is 13.2 Å². The minimum Gasteiger partial charge on any atom is -0.472 e. The van der Waals surface area contributed by atoms with Gasteiger partial charge in [0.15, 0.2) is 0 Å². The summed E-state index contributed by atoms with van der Waals surface area (Å²) in [5.74, 6) is -0.670. The van der Waals surface area contributed by atoms with Gasteiger partial charge in [-0.3, -0.25) is 9.59 Å². The summed E-state index contributed by atoms with van der Waals surface area (Å²) in [7, 11) is 1.50. The van der Waals surface area contributed by atoms with Gasteiger partial charge in [0.05, 0.1) is 24.0 Å². The molecule has 2 amide bonds. The van der Waals surface area contributed by atoms with E-state index in [-0.39, 0.29) is 31.3 Å². The van der Waals surface area contributed by atoms with Gasteiger partial charge in [0, 0.05) is 33.2 Å². The van der Waals surface area contributed by atoms with E-state index < -0.39 is 11.7 Å². The fourth-order valence-electron chi connectivity index (χ4n) is 2.47. The predicted octanol–water partition coefficient (Wildman–Crippen LogP) is 3.09. The number of alkyl halides is 3. The molecule has 0 saturated heterocycles. The standard InChI is InChI=1S/C19H21F3N2O4/c1-27-10-8-24(18(26)15-6-9-28-13-15)7-5-17(25)23-12-14-3-2-4-16(11-14)19(20,21)22/h2-4,6,9,11,13H,5,7-8,10,12H2,1H3,(H,23,25). The van der Waals surface area contributed by atoms with Crippen LogP contribution in [-0.4, -0.2) is 43.5 Å². The van der Waals surface area contributed by atoms with Crippen molar-refractivity contribution in [2.24, 2.45) is 0 Å². The molecule has 0 unspecified atom stereocenters. The molecule has 28 heavy (non-hydrogen) atoms. The van der Waals surface area contributed by atoms with Crippen molar-refractivity contribution in [1.29, 1.82) is 0 Å². The number of benzene rings is 1. The van der Waals surface area contributed by atoms with E-state index in [0.717, 1.165) is 12.1 Å². The lowest BCUT2D eigenvalue weighted by molar-refractivity contribution is -0.137. The Morgan fingerprint density at radius 2 is 2.00 bits per heavy atom. The van der Waals surface area contributed by atoms with Crippen LogP contribution >= 0.6 is 0 Å². The largest absolute Gasteiger partial charge is 0.472 e. The molecule has 0 radical (unpaired) electrons. The molecule has 9 heteroatoms. The van der Waals surface area contributed by atoms with Crippen molar-refractivity contribution in [2.75, 3.05) is 26.8 Å². The lowest BCUT2D eigenvalue weighted by Crippen LogP contribution is -2.37. The molecule has 1 N–H and O–H groups in total. The second kappa shape index (κ2) is 9.93. The maximum Gasteiger partial charge on any atom is 0.416 e. The van der Waals surface area contributed by atoms with E-state index in [9.17, 15) is 22.8 Å². The molecule has 1 heterocycles. The number of hydrogen-bond acceptors (Lipinski definition) is 4. The number of hydrogen-bond donors (Lipinski definition) is 1.